The molecule has 2 aliphatic rings. The van der Waals surface area contributed by atoms with Crippen LogP contribution in [-0.4, -0.2) is 67.8 Å². The van der Waals surface area contributed by atoms with Gasteiger partial charge in [-0.25, -0.2) is 0 Å². The van der Waals surface area contributed by atoms with E-state index in [1.54, 1.807) is 7.05 Å². The van der Waals surface area contributed by atoms with Gasteiger partial charge in [-0.1, -0.05) is 0 Å². The van der Waals surface area contributed by atoms with E-state index in [-0.39, 0.29) is 5.92 Å². The van der Waals surface area contributed by atoms with Gasteiger partial charge in [0.05, 0.1) is 6.54 Å². The number of alkyl halides is 3. The van der Waals surface area contributed by atoms with E-state index in [1.807, 2.05) is 11.8 Å². The van der Waals surface area contributed by atoms with Crippen LogP contribution < -0.4 is 10.6 Å². The first kappa shape index (κ1) is 18.7. The van der Waals surface area contributed by atoms with Crippen LogP contribution in [-0.2, 0) is 0 Å². The highest BCUT2D eigenvalue weighted by atomic mass is 32.2. The van der Waals surface area contributed by atoms with Gasteiger partial charge in [-0.05, 0) is 44.4 Å². The second kappa shape index (κ2) is 8.46. The molecule has 0 spiro atoms. The predicted octanol–water partition coefficient (Wildman–Crippen LogP) is 2.32. The topological polar surface area (TPSA) is 39.7 Å². The smallest absolute Gasteiger partial charge is 0.356 e. The van der Waals surface area contributed by atoms with Gasteiger partial charge in [0.15, 0.2) is 5.96 Å². The summed E-state index contributed by atoms with van der Waals surface area (Å²) in [5.74, 6) is 1.02. The quantitative estimate of drug-likeness (QED) is 0.588. The minimum absolute atomic E-state index is 0.249. The lowest BCUT2D eigenvalue weighted by molar-refractivity contribution is -0.143. The molecular weight excluding hydrogens is 325 g/mol. The van der Waals surface area contributed by atoms with Gasteiger partial charge in [0.25, 0.3) is 0 Å². The molecule has 1 aliphatic carbocycles. The van der Waals surface area contributed by atoms with E-state index in [9.17, 15) is 13.2 Å². The lowest BCUT2D eigenvalue weighted by Gasteiger charge is -2.20. The Kier molecular flexibility index (Phi) is 6.88. The molecule has 0 amide bonds. The number of nitrogens with zero attached hydrogens (tertiary/aromatic N) is 2. The molecule has 2 rings (SSSR count). The van der Waals surface area contributed by atoms with Crippen molar-refractivity contribution < 1.29 is 13.2 Å². The minimum Gasteiger partial charge on any atom is -0.356 e. The second-order valence-corrected chi connectivity index (χ2v) is 7.61. The molecule has 8 heteroatoms. The fourth-order valence-corrected chi connectivity index (χ4v) is 4.19. The molecule has 0 bridgehead atoms. The standard InChI is InChI=1S/C15H27F3N4S/c1-19-14(21-12-3-4-13(7-12)23-2)20-8-11-5-6-22(9-11)10-15(16,17)18/h11-13H,3-10H2,1-2H3,(H2,19,20,21). The van der Waals surface area contributed by atoms with Crippen molar-refractivity contribution in [3.05, 3.63) is 0 Å². The summed E-state index contributed by atoms with van der Waals surface area (Å²) in [5, 5.41) is 7.43. The molecule has 0 aromatic heterocycles. The molecule has 2 fully saturated rings. The number of likely N-dealkylation sites (tertiary alicyclic amines) is 1. The van der Waals surface area contributed by atoms with Gasteiger partial charge in [0.1, 0.15) is 0 Å². The number of thioether (sulfide) groups is 1. The third-order valence-corrected chi connectivity index (χ3v) is 5.71. The van der Waals surface area contributed by atoms with Crippen LogP contribution in [0.4, 0.5) is 13.2 Å². The zero-order chi connectivity index (χ0) is 16.9. The third-order valence-electron chi connectivity index (χ3n) is 4.61. The lowest BCUT2D eigenvalue weighted by atomic mass is 10.1. The Morgan fingerprint density at radius 1 is 1.30 bits per heavy atom. The van der Waals surface area contributed by atoms with Crippen molar-refractivity contribution in [1.29, 1.82) is 0 Å². The van der Waals surface area contributed by atoms with Crippen LogP contribution in [0.1, 0.15) is 25.7 Å². The average Bonchev–Trinajstić information content (AvgIpc) is 3.10. The van der Waals surface area contributed by atoms with Gasteiger partial charge < -0.3 is 10.6 Å². The Morgan fingerprint density at radius 2 is 2.09 bits per heavy atom. The molecule has 0 aromatic carbocycles. The molecule has 134 valence electrons. The van der Waals surface area contributed by atoms with E-state index >= 15 is 0 Å². The van der Waals surface area contributed by atoms with Gasteiger partial charge in [-0.3, -0.25) is 9.89 Å². The number of aliphatic imine (C=N–C) groups is 1. The molecule has 4 nitrogen and oxygen atoms in total. The maximum Gasteiger partial charge on any atom is 0.401 e. The fraction of sp³-hybridized carbons (Fsp3) is 0.933. The van der Waals surface area contributed by atoms with Crippen molar-refractivity contribution in [3.63, 3.8) is 0 Å². The maximum atomic E-state index is 12.4. The molecule has 3 atom stereocenters. The highest BCUT2D eigenvalue weighted by Crippen LogP contribution is 2.28. The Labute approximate surface area is 140 Å². The van der Waals surface area contributed by atoms with Gasteiger partial charge in [-0.2, -0.15) is 24.9 Å². The molecule has 0 aromatic rings. The maximum absolute atomic E-state index is 12.4. The van der Waals surface area contributed by atoms with Crippen LogP contribution in [0.25, 0.3) is 0 Å². The molecule has 0 radical (unpaired) electrons. The van der Waals surface area contributed by atoms with Crippen LogP contribution >= 0.6 is 11.8 Å². The predicted molar refractivity (Wildman–Crippen MR) is 90.0 cm³/mol. The Morgan fingerprint density at radius 3 is 2.70 bits per heavy atom. The number of nitrogens with one attached hydrogen (secondary N) is 2. The molecule has 1 heterocycles. The van der Waals surface area contributed by atoms with Crippen molar-refractivity contribution in [1.82, 2.24) is 15.5 Å². The first-order valence-corrected chi connectivity index (χ1v) is 9.47. The largest absolute Gasteiger partial charge is 0.401 e. The summed E-state index contributed by atoms with van der Waals surface area (Å²) in [6.07, 6.45) is 2.37. The normalized spacial score (nSPS) is 30.0. The zero-order valence-corrected chi connectivity index (χ0v) is 14.6. The van der Waals surface area contributed by atoms with E-state index in [0.29, 0.717) is 25.7 Å². The summed E-state index contributed by atoms with van der Waals surface area (Å²) >= 11 is 1.91. The highest BCUT2D eigenvalue weighted by molar-refractivity contribution is 7.99. The van der Waals surface area contributed by atoms with Crippen molar-refractivity contribution in [2.45, 2.75) is 43.2 Å². The van der Waals surface area contributed by atoms with Crippen LogP contribution in [0, 0.1) is 5.92 Å². The lowest BCUT2D eigenvalue weighted by Crippen LogP contribution is -2.44. The third kappa shape index (κ3) is 6.41. The van der Waals surface area contributed by atoms with Gasteiger partial charge in [0, 0.05) is 31.4 Å². The summed E-state index contributed by atoms with van der Waals surface area (Å²) in [6.45, 7) is 0.902. The van der Waals surface area contributed by atoms with Gasteiger partial charge in [0.2, 0.25) is 0 Å². The Hall–Kier alpha value is -0.630. The van der Waals surface area contributed by atoms with Crippen molar-refractivity contribution >= 4 is 17.7 Å². The van der Waals surface area contributed by atoms with Crippen molar-refractivity contribution in [2.75, 3.05) is 39.5 Å². The van der Waals surface area contributed by atoms with Crippen LogP contribution in [0.2, 0.25) is 0 Å². The number of hydrogen-bond acceptors (Lipinski definition) is 3. The number of halogens is 3. The summed E-state index contributed by atoms with van der Waals surface area (Å²) in [6, 6.07) is 0.448. The minimum atomic E-state index is -4.10. The molecule has 3 unspecified atom stereocenters. The number of rotatable bonds is 5. The summed E-state index contributed by atoms with van der Waals surface area (Å²) in [4.78, 5) is 5.72. The highest BCUT2D eigenvalue weighted by Gasteiger charge is 2.34. The van der Waals surface area contributed by atoms with Crippen LogP contribution in [0.15, 0.2) is 4.99 Å². The van der Waals surface area contributed by atoms with E-state index < -0.39 is 12.7 Å². The summed E-state index contributed by atoms with van der Waals surface area (Å²) in [5.41, 5.74) is 0. The SMILES string of the molecule is CN=C(NCC1CCN(CC(F)(F)F)C1)NC1CCC(SC)C1. The molecule has 1 aliphatic heterocycles. The zero-order valence-electron chi connectivity index (χ0n) is 13.8. The van der Waals surface area contributed by atoms with Crippen LogP contribution in [0.3, 0.4) is 0 Å². The molecule has 23 heavy (non-hydrogen) atoms. The summed E-state index contributed by atoms with van der Waals surface area (Å²) < 4.78 is 37.2. The number of hydrogen-bond donors (Lipinski definition) is 2. The van der Waals surface area contributed by atoms with Gasteiger partial charge >= 0.3 is 6.18 Å². The number of guanidine groups is 1. The van der Waals surface area contributed by atoms with E-state index in [0.717, 1.165) is 30.5 Å². The van der Waals surface area contributed by atoms with Gasteiger partial charge in [-0.15, -0.1) is 0 Å². The Balaban J connectivity index is 1.68. The van der Waals surface area contributed by atoms with E-state index in [2.05, 4.69) is 21.9 Å². The van der Waals surface area contributed by atoms with E-state index in [1.165, 1.54) is 11.3 Å². The second-order valence-electron chi connectivity index (χ2n) is 6.47. The molecule has 2 N–H and O–H groups in total. The first-order valence-electron chi connectivity index (χ1n) is 8.18. The Bertz CT molecular complexity index is 403. The molecule has 1 saturated carbocycles. The average molecular weight is 352 g/mol. The van der Waals surface area contributed by atoms with Crippen molar-refractivity contribution in [2.24, 2.45) is 10.9 Å². The molecule has 1 saturated heterocycles. The fourth-order valence-electron chi connectivity index (χ4n) is 3.39. The van der Waals surface area contributed by atoms with Crippen molar-refractivity contribution in [3.8, 4) is 0 Å². The summed E-state index contributed by atoms with van der Waals surface area (Å²) in [7, 11) is 1.74. The molecular formula is C15H27F3N4S. The van der Waals surface area contributed by atoms with E-state index in [4.69, 9.17) is 0 Å². The monoisotopic (exact) mass is 352 g/mol. The van der Waals surface area contributed by atoms with Crippen LogP contribution in [0.5, 0.6) is 0 Å². The first-order chi connectivity index (χ1) is 10.9.